The summed E-state index contributed by atoms with van der Waals surface area (Å²) in [5, 5.41) is 13.8. The minimum Gasteiger partial charge on any atom is -0.493 e. The zero-order chi connectivity index (χ0) is 20.8. The second-order valence-corrected chi connectivity index (χ2v) is 8.55. The van der Waals surface area contributed by atoms with Crippen LogP contribution < -0.4 is 14.8 Å². The molecule has 2 aromatic rings. The van der Waals surface area contributed by atoms with E-state index in [1.54, 1.807) is 14.2 Å². The summed E-state index contributed by atoms with van der Waals surface area (Å²) in [4.78, 5) is 29.2. The SMILES string of the molecule is COc1cccc(NCC2CCC(=O)N2CCSc2nc(C(=O)O)cs2)c1OC. The topological polar surface area (TPSA) is 101 Å². The van der Waals surface area contributed by atoms with Gasteiger partial charge in [-0.25, -0.2) is 9.78 Å². The minimum atomic E-state index is -1.03. The molecular formula is C19H23N3O5S2. The average Bonchev–Trinajstić information content (AvgIpc) is 3.33. The largest absolute Gasteiger partial charge is 0.493 e. The lowest BCUT2D eigenvalue weighted by Crippen LogP contribution is -2.39. The van der Waals surface area contributed by atoms with E-state index in [1.165, 1.54) is 28.5 Å². The summed E-state index contributed by atoms with van der Waals surface area (Å²) in [5.41, 5.74) is 0.883. The number of anilines is 1. The van der Waals surface area contributed by atoms with Gasteiger partial charge >= 0.3 is 5.97 Å². The highest BCUT2D eigenvalue weighted by atomic mass is 32.2. The Labute approximate surface area is 177 Å². The summed E-state index contributed by atoms with van der Waals surface area (Å²) in [7, 11) is 3.19. The fourth-order valence-electron chi connectivity index (χ4n) is 3.22. The number of rotatable bonds is 10. The molecule has 0 radical (unpaired) electrons. The first kappa shape index (κ1) is 21.3. The molecule has 0 spiro atoms. The van der Waals surface area contributed by atoms with E-state index < -0.39 is 5.97 Å². The van der Waals surface area contributed by atoms with Crippen molar-refractivity contribution in [2.24, 2.45) is 0 Å². The predicted octanol–water partition coefficient (Wildman–Crippen LogP) is 3.05. The quantitative estimate of drug-likeness (QED) is 0.547. The van der Waals surface area contributed by atoms with Crippen molar-refractivity contribution in [2.75, 3.05) is 38.4 Å². The van der Waals surface area contributed by atoms with Gasteiger partial charge < -0.3 is 24.8 Å². The zero-order valence-corrected chi connectivity index (χ0v) is 17.8. The van der Waals surface area contributed by atoms with Crippen LogP contribution in [0, 0.1) is 0 Å². The fraction of sp³-hybridized carbons (Fsp3) is 0.421. The van der Waals surface area contributed by atoms with Crippen molar-refractivity contribution in [2.45, 2.75) is 23.2 Å². The molecule has 1 aromatic heterocycles. The maximum atomic E-state index is 12.3. The number of carboxylic acid groups (broad SMARTS) is 1. The summed E-state index contributed by atoms with van der Waals surface area (Å²) in [6.07, 6.45) is 1.33. The Morgan fingerprint density at radius 2 is 2.24 bits per heavy atom. The lowest BCUT2D eigenvalue weighted by atomic mass is 10.2. The normalized spacial score (nSPS) is 16.1. The van der Waals surface area contributed by atoms with Gasteiger partial charge in [0.05, 0.1) is 19.9 Å². The Kier molecular flexibility index (Phi) is 7.21. The van der Waals surface area contributed by atoms with Crippen molar-refractivity contribution >= 4 is 40.7 Å². The molecule has 2 N–H and O–H groups in total. The van der Waals surface area contributed by atoms with Crippen molar-refractivity contribution in [3.8, 4) is 11.5 Å². The molecule has 8 nitrogen and oxygen atoms in total. The maximum absolute atomic E-state index is 12.3. The number of carbonyl (C=O) groups excluding carboxylic acids is 1. The number of nitrogens with one attached hydrogen (secondary N) is 1. The Morgan fingerprint density at radius 1 is 1.41 bits per heavy atom. The van der Waals surface area contributed by atoms with Crippen LogP contribution in [0.5, 0.6) is 11.5 Å². The van der Waals surface area contributed by atoms with Crippen LogP contribution in [-0.2, 0) is 4.79 Å². The number of para-hydroxylation sites is 1. The van der Waals surface area contributed by atoms with Crippen LogP contribution >= 0.6 is 23.1 Å². The van der Waals surface area contributed by atoms with Gasteiger partial charge in [0, 0.05) is 36.7 Å². The number of thioether (sulfide) groups is 1. The Morgan fingerprint density at radius 3 is 2.93 bits per heavy atom. The monoisotopic (exact) mass is 437 g/mol. The summed E-state index contributed by atoms with van der Waals surface area (Å²) in [6, 6.07) is 5.73. The van der Waals surface area contributed by atoms with Crippen molar-refractivity contribution in [1.82, 2.24) is 9.88 Å². The molecule has 2 heterocycles. The third-order valence-corrected chi connectivity index (χ3v) is 6.64. The Balaban J connectivity index is 1.55. The van der Waals surface area contributed by atoms with Crippen molar-refractivity contribution in [3.05, 3.63) is 29.3 Å². The van der Waals surface area contributed by atoms with E-state index >= 15 is 0 Å². The summed E-state index contributed by atoms with van der Waals surface area (Å²) in [5.74, 6) is 1.07. The number of likely N-dealkylation sites (tertiary alicyclic amines) is 1. The number of hydrogen-bond acceptors (Lipinski definition) is 8. The number of benzene rings is 1. The van der Waals surface area contributed by atoms with Crippen LogP contribution in [0.3, 0.4) is 0 Å². The highest BCUT2D eigenvalue weighted by Gasteiger charge is 2.30. The Hall–Kier alpha value is -2.46. The van der Waals surface area contributed by atoms with Gasteiger partial charge in [0.25, 0.3) is 0 Å². The molecule has 1 aliphatic rings. The van der Waals surface area contributed by atoms with Crippen LogP contribution in [0.2, 0.25) is 0 Å². The molecule has 3 rings (SSSR count). The smallest absolute Gasteiger partial charge is 0.355 e. The second kappa shape index (κ2) is 9.84. The molecule has 1 saturated heterocycles. The van der Waals surface area contributed by atoms with Gasteiger partial charge in [0.2, 0.25) is 5.91 Å². The first-order valence-electron chi connectivity index (χ1n) is 9.09. The molecule has 1 aliphatic heterocycles. The van der Waals surface area contributed by atoms with E-state index in [2.05, 4.69) is 10.3 Å². The van der Waals surface area contributed by atoms with Gasteiger partial charge in [0.1, 0.15) is 0 Å². The van der Waals surface area contributed by atoms with Crippen LogP contribution in [0.4, 0.5) is 5.69 Å². The molecule has 0 saturated carbocycles. The number of carboxylic acids is 1. The molecule has 1 fully saturated rings. The van der Waals surface area contributed by atoms with Gasteiger partial charge in [0.15, 0.2) is 21.5 Å². The Bertz CT molecular complexity index is 873. The number of nitrogens with zero attached hydrogens (tertiary/aromatic N) is 2. The van der Waals surface area contributed by atoms with Crippen LogP contribution in [0.25, 0.3) is 0 Å². The molecule has 1 unspecified atom stereocenters. The predicted molar refractivity (Wildman–Crippen MR) is 113 cm³/mol. The number of methoxy groups -OCH3 is 2. The van der Waals surface area contributed by atoms with E-state index in [0.29, 0.717) is 41.1 Å². The molecule has 29 heavy (non-hydrogen) atoms. The van der Waals surface area contributed by atoms with E-state index in [-0.39, 0.29) is 17.6 Å². The van der Waals surface area contributed by atoms with Crippen LogP contribution in [-0.4, -0.2) is 66.0 Å². The fourth-order valence-corrected chi connectivity index (χ4v) is 5.03. The number of ether oxygens (including phenoxy) is 2. The summed E-state index contributed by atoms with van der Waals surface area (Å²) >= 11 is 2.77. The number of hydrogen-bond donors (Lipinski definition) is 2. The highest BCUT2D eigenvalue weighted by Crippen LogP contribution is 2.35. The van der Waals surface area contributed by atoms with Crippen molar-refractivity contribution < 1.29 is 24.2 Å². The molecule has 0 bridgehead atoms. The first-order valence-corrected chi connectivity index (χ1v) is 11.0. The van der Waals surface area contributed by atoms with Gasteiger partial charge in [-0.3, -0.25) is 4.79 Å². The van der Waals surface area contributed by atoms with Gasteiger partial charge in [-0.15, -0.1) is 11.3 Å². The molecule has 1 amide bonds. The molecule has 156 valence electrons. The average molecular weight is 438 g/mol. The second-order valence-electron chi connectivity index (χ2n) is 6.35. The van der Waals surface area contributed by atoms with Gasteiger partial charge in [-0.05, 0) is 18.6 Å². The summed E-state index contributed by atoms with van der Waals surface area (Å²) < 4.78 is 11.5. The number of amides is 1. The van der Waals surface area contributed by atoms with E-state index in [1.807, 2.05) is 23.1 Å². The number of carbonyl (C=O) groups is 2. The third kappa shape index (κ3) is 5.13. The number of aromatic carboxylic acids is 1. The number of thiazole rings is 1. The van der Waals surface area contributed by atoms with Crippen LogP contribution in [0.1, 0.15) is 23.3 Å². The first-order chi connectivity index (χ1) is 14.0. The van der Waals surface area contributed by atoms with E-state index in [0.717, 1.165) is 12.1 Å². The lowest BCUT2D eigenvalue weighted by molar-refractivity contribution is -0.128. The standard InChI is InChI=1S/C19H23N3O5S2/c1-26-15-5-3-4-13(17(15)27-2)20-10-12-6-7-16(23)22(12)8-9-28-19-21-14(11-29-19)18(24)25/h3-5,11-12,20H,6-10H2,1-2H3,(H,24,25). The van der Waals surface area contributed by atoms with Crippen molar-refractivity contribution in [3.63, 3.8) is 0 Å². The molecule has 10 heteroatoms. The molecule has 1 atom stereocenters. The minimum absolute atomic E-state index is 0.0593. The van der Waals surface area contributed by atoms with Crippen LogP contribution in [0.15, 0.2) is 27.9 Å². The van der Waals surface area contributed by atoms with Gasteiger partial charge in [-0.1, -0.05) is 17.8 Å². The lowest BCUT2D eigenvalue weighted by Gasteiger charge is -2.25. The van der Waals surface area contributed by atoms with Gasteiger partial charge in [-0.2, -0.15) is 0 Å². The molecule has 1 aromatic carbocycles. The highest BCUT2D eigenvalue weighted by molar-refractivity contribution is 8.01. The zero-order valence-electron chi connectivity index (χ0n) is 16.2. The number of aromatic nitrogens is 1. The van der Waals surface area contributed by atoms with E-state index in [9.17, 15) is 9.59 Å². The maximum Gasteiger partial charge on any atom is 0.355 e. The molecular weight excluding hydrogens is 414 g/mol. The molecule has 0 aliphatic carbocycles. The third-order valence-electron chi connectivity index (χ3n) is 4.64. The summed E-state index contributed by atoms with van der Waals surface area (Å²) in [6.45, 7) is 1.20. The van der Waals surface area contributed by atoms with E-state index in [4.69, 9.17) is 14.6 Å². The van der Waals surface area contributed by atoms with Crippen molar-refractivity contribution in [1.29, 1.82) is 0 Å².